The highest BCUT2D eigenvalue weighted by atomic mass is 28.3. The molecule has 0 saturated carbocycles. The zero-order valence-electron chi connectivity index (χ0n) is 36.4. The Kier molecular flexibility index (Phi) is 12.1. The Bertz CT molecular complexity index is 2550. The Hall–Kier alpha value is -5.35. The zero-order valence-corrected chi connectivity index (χ0v) is 37.4. The topological polar surface area (TPSA) is 129 Å². The summed E-state index contributed by atoms with van der Waals surface area (Å²) in [7, 11) is -0.992. The number of rotatable bonds is 10. The maximum Gasteiger partial charge on any atom is 0.422 e. The minimum Gasteiger partial charge on any atom is -0.468 e. The molecule has 2 aromatic carbocycles. The average Bonchev–Trinajstić information content (AvgIpc) is 3.77. The van der Waals surface area contributed by atoms with E-state index in [0.29, 0.717) is 18.2 Å². The van der Waals surface area contributed by atoms with Crippen molar-refractivity contribution in [2.75, 3.05) is 38.5 Å². The number of hydrogen-bond acceptors (Lipinski definition) is 11. The molecule has 0 aliphatic carbocycles. The average molecular weight is 883 g/mol. The standard InChI is InChI=1S/C43H51F5N8O5Si/c1-23(2)62(24(3)4,25(5)6)16-15-30-32(44)14-11-26-17-29(60-22-58-10)18-31(33(26)30)37-35(45)36-34(39-51-52-53-56(37)39)38(50-40(49-36)59-21-43(46,47)48)54-19-27-12-13-28(20-54)55(27)41(57)61-42(7,8)9/h11,14,17-18,23-25,27-28H,12-13,19-22H2,1-10H3/t27-,28+. The Morgan fingerprint density at radius 2 is 1.60 bits per heavy atom. The van der Waals surface area contributed by atoms with Gasteiger partial charge in [-0.15, -0.1) is 10.6 Å². The minimum atomic E-state index is -4.77. The van der Waals surface area contributed by atoms with E-state index in [-0.39, 0.29) is 93.4 Å². The molecule has 13 nitrogen and oxygen atoms in total. The largest absolute Gasteiger partial charge is 0.468 e. The number of benzene rings is 2. The molecular formula is C43H51F5N8O5Si. The SMILES string of the molecule is COCOc1cc(-c2c(F)c3nc(OCC(F)(F)F)nc(N4C[C@H]5CC[C@@H](C4)N5C(=O)OC(C)(C)C)c3c3nnnn23)c2c(C#C[Si](C(C)C)(C(C)C)C(C)C)c(F)ccc2c1. The first-order chi connectivity index (χ1) is 29.1. The van der Waals surface area contributed by atoms with E-state index in [2.05, 4.69) is 78.5 Å². The summed E-state index contributed by atoms with van der Waals surface area (Å²) in [6.07, 6.45) is -4.02. The predicted molar refractivity (Wildman–Crippen MR) is 226 cm³/mol. The molecule has 2 aliphatic heterocycles. The molecule has 2 aliphatic rings. The fraction of sp³-hybridized carbons (Fsp3) is 0.535. The third-order valence-electron chi connectivity index (χ3n) is 11.9. The third-order valence-corrected chi connectivity index (χ3v) is 18.1. The van der Waals surface area contributed by atoms with Crippen molar-refractivity contribution in [2.45, 2.75) is 116 Å². The van der Waals surface area contributed by atoms with Crippen molar-refractivity contribution in [3.05, 3.63) is 41.5 Å². The van der Waals surface area contributed by atoms with Gasteiger partial charge in [0.1, 0.15) is 42.3 Å². The molecule has 5 aromatic rings. The van der Waals surface area contributed by atoms with Crippen molar-refractivity contribution in [2.24, 2.45) is 0 Å². The van der Waals surface area contributed by atoms with E-state index in [0.717, 1.165) is 4.52 Å². The Labute approximate surface area is 357 Å². The number of halogens is 5. The normalized spacial score (nSPS) is 17.2. The fourth-order valence-corrected chi connectivity index (χ4v) is 14.6. The van der Waals surface area contributed by atoms with Gasteiger partial charge in [-0.2, -0.15) is 27.7 Å². The number of amides is 1. The van der Waals surface area contributed by atoms with Crippen molar-refractivity contribution in [1.29, 1.82) is 0 Å². The quantitative estimate of drug-likeness (QED) is 0.0576. The van der Waals surface area contributed by atoms with Crippen LogP contribution < -0.4 is 14.4 Å². The second-order valence-electron chi connectivity index (χ2n) is 17.9. The smallest absolute Gasteiger partial charge is 0.422 e. The summed E-state index contributed by atoms with van der Waals surface area (Å²) in [5, 5.41) is 13.1. The third kappa shape index (κ3) is 8.30. The van der Waals surface area contributed by atoms with Crippen molar-refractivity contribution in [1.82, 2.24) is 34.9 Å². The van der Waals surface area contributed by atoms with E-state index < -0.39 is 55.7 Å². The van der Waals surface area contributed by atoms with Crippen LogP contribution in [0.2, 0.25) is 16.6 Å². The van der Waals surface area contributed by atoms with E-state index in [1.165, 1.54) is 25.3 Å². The van der Waals surface area contributed by atoms with E-state index in [1.807, 2.05) is 0 Å². The fourth-order valence-electron chi connectivity index (χ4n) is 9.39. The van der Waals surface area contributed by atoms with Crippen molar-refractivity contribution in [3.8, 4) is 34.5 Å². The highest BCUT2D eigenvalue weighted by Crippen LogP contribution is 2.44. The number of tetrazole rings is 1. The molecule has 332 valence electrons. The van der Waals surface area contributed by atoms with Crippen LogP contribution in [-0.2, 0) is 9.47 Å². The lowest BCUT2D eigenvalue weighted by molar-refractivity contribution is -0.154. The number of fused-ring (bicyclic) bond motifs is 6. The summed E-state index contributed by atoms with van der Waals surface area (Å²) in [5.74, 6) is 1.78. The Morgan fingerprint density at radius 1 is 0.935 bits per heavy atom. The first kappa shape index (κ1) is 44.7. The number of carbonyl (C=O) groups excluding carboxylic acids is 1. The second-order valence-corrected chi connectivity index (χ2v) is 23.5. The van der Waals surface area contributed by atoms with Gasteiger partial charge in [-0.3, -0.25) is 4.90 Å². The van der Waals surface area contributed by atoms with Gasteiger partial charge in [-0.05, 0) is 84.2 Å². The highest BCUT2D eigenvalue weighted by Gasteiger charge is 2.46. The lowest BCUT2D eigenvalue weighted by Gasteiger charge is -2.42. The molecule has 62 heavy (non-hydrogen) atoms. The van der Waals surface area contributed by atoms with Crippen molar-refractivity contribution in [3.63, 3.8) is 0 Å². The number of piperazine rings is 1. The van der Waals surface area contributed by atoms with Gasteiger partial charge < -0.3 is 23.8 Å². The number of alkyl halides is 3. The summed E-state index contributed by atoms with van der Waals surface area (Å²) in [6.45, 7) is 16.6. The number of nitrogens with zero attached hydrogens (tertiary/aromatic N) is 8. The molecule has 1 amide bonds. The first-order valence-electron chi connectivity index (χ1n) is 20.6. The van der Waals surface area contributed by atoms with Crippen LogP contribution in [0.4, 0.5) is 32.6 Å². The van der Waals surface area contributed by atoms with E-state index in [9.17, 15) is 18.0 Å². The van der Waals surface area contributed by atoms with Crippen LogP contribution >= 0.6 is 0 Å². The molecule has 5 heterocycles. The van der Waals surface area contributed by atoms with Gasteiger partial charge in [-0.1, -0.05) is 53.5 Å². The van der Waals surface area contributed by atoms with E-state index in [4.69, 9.17) is 18.9 Å². The molecule has 0 unspecified atom stereocenters. The number of anilines is 1. The lowest BCUT2D eigenvalue weighted by atomic mass is 9.95. The predicted octanol–water partition coefficient (Wildman–Crippen LogP) is 9.25. The molecule has 2 bridgehead atoms. The monoisotopic (exact) mass is 882 g/mol. The molecule has 0 spiro atoms. The van der Waals surface area contributed by atoms with Crippen LogP contribution in [0.1, 0.15) is 80.7 Å². The molecule has 7 rings (SSSR count). The summed E-state index contributed by atoms with van der Waals surface area (Å²) in [5.41, 5.74) is 2.82. The summed E-state index contributed by atoms with van der Waals surface area (Å²) in [4.78, 5) is 25.4. The maximum absolute atomic E-state index is 17.9. The van der Waals surface area contributed by atoms with Gasteiger partial charge in [0.2, 0.25) is 0 Å². The van der Waals surface area contributed by atoms with Crippen LogP contribution in [0.15, 0.2) is 24.3 Å². The molecular weight excluding hydrogens is 832 g/mol. The Morgan fingerprint density at radius 3 is 2.19 bits per heavy atom. The van der Waals surface area contributed by atoms with Gasteiger partial charge in [0, 0.05) is 31.1 Å². The van der Waals surface area contributed by atoms with E-state index >= 15 is 8.78 Å². The molecule has 2 atom stereocenters. The summed E-state index contributed by atoms with van der Waals surface area (Å²) >= 11 is 0. The van der Waals surface area contributed by atoms with Crippen LogP contribution in [0, 0.1) is 23.1 Å². The molecule has 3 aromatic heterocycles. The summed E-state index contributed by atoms with van der Waals surface area (Å²) < 4.78 is 98.1. The minimum absolute atomic E-state index is 0.00940. The number of ether oxygens (including phenoxy) is 4. The van der Waals surface area contributed by atoms with Crippen molar-refractivity contribution < 1.29 is 45.7 Å². The number of aromatic nitrogens is 6. The van der Waals surface area contributed by atoms with Gasteiger partial charge >= 0.3 is 18.3 Å². The highest BCUT2D eigenvalue weighted by molar-refractivity contribution is 6.90. The van der Waals surface area contributed by atoms with Crippen LogP contribution in [0.25, 0.3) is 38.6 Å². The molecule has 19 heteroatoms. The van der Waals surface area contributed by atoms with Crippen molar-refractivity contribution >= 4 is 47.3 Å². The van der Waals surface area contributed by atoms with E-state index in [1.54, 1.807) is 36.6 Å². The van der Waals surface area contributed by atoms with Gasteiger partial charge in [0.15, 0.2) is 24.9 Å². The van der Waals surface area contributed by atoms with Crippen LogP contribution in [0.3, 0.4) is 0 Å². The number of carbonyl (C=O) groups is 1. The molecule has 2 fully saturated rings. The maximum atomic E-state index is 17.9. The number of methoxy groups -OCH3 is 1. The second kappa shape index (κ2) is 16.7. The molecule has 0 N–H and O–H groups in total. The Balaban J connectivity index is 1.50. The first-order valence-corrected chi connectivity index (χ1v) is 22.9. The lowest BCUT2D eigenvalue weighted by Crippen LogP contribution is -2.57. The van der Waals surface area contributed by atoms with Gasteiger partial charge in [-0.25, -0.2) is 13.6 Å². The molecule has 2 saturated heterocycles. The van der Waals surface area contributed by atoms with Gasteiger partial charge in [0.05, 0.1) is 23.0 Å². The molecule has 0 radical (unpaired) electrons. The number of pyridine rings is 1. The van der Waals surface area contributed by atoms with Crippen LogP contribution in [0.5, 0.6) is 11.8 Å². The van der Waals surface area contributed by atoms with Gasteiger partial charge in [0.25, 0.3) is 0 Å². The zero-order chi connectivity index (χ0) is 45.1. The van der Waals surface area contributed by atoms with Crippen LogP contribution in [-0.4, -0.2) is 107 Å². The number of hydrogen-bond donors (Lipinski definition) is 0. The summed E-state index contributed by atoms with van der Waals surface area (Å²) in [6, 6.07) is 4.51.